The van der Waals surface area contributed by atoms with Gasteiger partial charge in [0.15, 0.2) is 0 Å². The molecule has 1 fully saturated rings. The molecule has 3 rings (SSSR count). The third kappa shape index (κ3) is 2.60. The molecule has 21 heavy (non-hydrogen) atoms. The Bertz CT molecular complexity index is 706. The molecule has 112 valence electrons. The van der Waals surface area contributed by atoms with Crippen LogP contribution in [0.4, 0.5) is 0 Å². The lowest BCUT2D eigenvalue weighted by Crippen LogP contribution is -2.23. The number of carbonyl (C=O) groups is 1. The number of aromatic carboxylic acids is 1. The Morgan fingerprint density at radius 3 is 2.48 bits per heavy atom. The molecule has 1 heterocycles. The number of fused-ring (bicyclic) bond motifs is 1. The van der Waals surface area contributed by atoms with Crippen LogP contribution >= 0.6 is 0 Å². The number of aromatic amines is 1. The van der Waals surface area contributed by atoms with Crippen molar-refractivity contribution >= 4 is 17.0 Å². The normalized spacial score (nSPS) is 17.5. The van der Waals surface area contributed by atoms with Gasteiger partial charge in [-0.25, -0.2) is 9.59 Å². The Morgan fingerprint density at radius 1 is 1.14 bits per heavy atom. The summed E-state index contributed by atoms with van der Waals surface area (Å²) in [5.74, 6) is -1.01. The summed E-state index contributed by atoms with van der Waals surface area (Å²) in [6, 6.07) is 5.25. The average Bonchev–Trinajstić information content (AvgIpc) is 2.74. The zero-order valence-electron chi connectivity index (χ0n) is 12.0. The fourth-order valence-corrected chi connectivity index (χ4v) is 3.38. The molecule has 1 aromatic carbocycles. The number of nitrogens with zero attached hydrogens (tertiary/aromatic N) is 1. The molecule has 0 amide bonds. The molecule has 1 saturated carbocycles. The molecule has 0 saturated heterocycles. The van der Waals surface area contributed by atoms with Gasteiger partial charge in [-0.15, -0.1) is 0 Å². The lowest BCUT2D eigenvalue weighted by Gasteiger charge is -2.21. The number of carboxylic acid groups (broad SMARTS) is 1. The molecule has 2 N–H and O–H groups in total. The highest BCUT2D eigenvalue weighted by Gasteiger charge is 2.20. The molecule has 5 nitrogen and oxygen atoms in total. The van der Waals surface area contributed by atoms with Crippen LogP contribution in [-0.2, 0) is 0 Å². The van der Waals surface area contributed by atoms with Crippen molar-refractivity contribution in [1.82, 2.24) is 9.55 Å². The summed E-state index contributed by atoms with van der Waals surface area (Å²) in [5, 5.41) is 9.24. The van der Waals surface area contributed by atoms with Gasteiger partial charge in [-0.05, 0) is 25.0 Å². The van der Waals surface area contributed by atoms with E-state index in [9.17, 15) is 14.7 Å². The molecule has 1 aliphatic carbocycles. The number of hydrogen-bond acceptors (Lipinski definition) is 2. The van der Waals surface area contributed by atoms with Crippen LogP contribution in [0.5, 0.6) is 0 Å². The molecule has 0 unspecified atom stereocenters. The number of carboxylic acids is 1. The van der Waals surface area contributed by atoms with Gasteiger partial charge in [0.05, 0.1) is 16.6 Å². The zero-order valence-corrected chi connectivity index (χ0v) is 12.0. The minimum absolute atomic E-state index is 0.161. The molecule has 0 aliphatic heterocycles. The maximum absolute atomic E-state index is 12.3. The van der Waals surface area contributed by atoms with Crippen LogP contribution in [0.3, 0.4) is 0 Å². The van der Waals surface area contributed by atoms with Crippen LogP contribution in [0.1, 0.15) is 61.3 Å². The second-order valence-electron chi connectivity index (χ2n) is 5.80. The van der Waals surface area contributed by atoms with Crippen LogP contribution in [0.15, 0.2) is 23.0 Å². The van der Waals surface area contributed by atoms with E-state index in [4.69, 9.17) is 0 Å². The van der Waals surface area contributed by atoms with E-state index in [-0.39, 0.29) is 17.3 Å². The van der Waals surface area contributed by atoms with E-state index in [1.165, 1.54) is 25.3 Å². The van der Waals surface area contributed by atoms with Gasteiger partial charge < -0.3 is 10.1 Å². The number of para-hydroxylation sites is 1. The number of H-pyrrole nitrogens is 1. The molecule has 5 heteroatoms. The third-order valence-electron chi connectivity index (χ3n) is 4.42. The van der Waals surface area contributed by atoms with Crippen LogP contribution in [0, 0.1) is 0 Å². The first-order valence-corrected chi connectivity index (χ1v) is 7.65. The monoisotopic (exact) mass is 288 g/mol. The van der Waals surface area contributed by atoms with E-state index < -0.39 is 5.97 Å². The van der Waals surface area contributed by atoms with E-state index >= 15 is 0 Å². The number of nitrogens with one attached hydrogen (secondary N) is 1. The van der Waals surface area contributed by atoms with Crippen molar-refractivity contribution in [1.29, 1.82) is 0 Å². The highest BCUT2D eigenvalue weighted by molar-refractivity contribution is 6.00. The number of imidazole rings is 1. The fraction of sp³-hybridized carbons (Fsp3) is 0.500. The summed E-state index contributed by atoms with van der Waals surface area (Å²) in [7, 11) is 0. The fourth-order valence-electron chi connectivity index (χ4n) is 3.38. The summed E-state index contributed by atoms with van der Waals surface area (Å²) in [5.41, 5.74) is 1.13. The maximum Gasteiger partial charge on any atom is 0.337 e. The molecular formula is C16H20N2O3. The highest BCUT2D eigenvalue weighted by Crippen LogP contribution is 2.28. The van der Waals surface area contributed by atoms with E-state index in [1.807, 2.05) is 6.07 Å². The Morgan fingerprint density at radius 2 is 1.81 bits per heavy atom. The van der Waals surface area contributed by atoms with Crippen molar-refractivity contribution in [2.75, 3.05) is 0 Å². The molecule has 0 atom stereocenters. The first-order valence-electron chi connectivity index (χ1n) is 7.65. The van der Waals surface area contributed by atoms with Crippen LogP contribution in [0.25, 0.3) is 11.0 Å². The Labute approximate surface area is 122 Å². The first kappa shape index (κ1) is 13.9. The van der Waals surface area contributed by atoms with Crippen LogP contribution in [-0.4, -0.2) is 20.6 Å². The summed E-state index contributed by atoms with van der Waals surface area (Å²) < 4.78 is 1.77. The van der Waals surface area contributed by atoms with E-state index in [1.54, 1.807) is 10.6 Å². The maximum atomic E-state index is 12.3. The molecule has 0 radical (unpaired) electrons. The summed E-state index contributed by atoms with van der Waals surface area (Å²) in [6.45, 7) is 0. The van der Waals surface area contributed by atoms with Crippen LogP contribution < -0.4 is 5.69 Å². The third-order valence-corrected chi connectivity index (χ3v) is 4.42. The van der Waals surface area contributed by atoms with Gasteiger partial charge in [0.25, 0.3) is 0 Å². The van der Waals surface area contributed by atoms with E-state index in [0.29, 0.717) is 11.0 Å². The molecule has 0 spiro atoms. The quantitative estimate of drug-likeness (QED) is 0.890. The van der Waals surface area contributed by atoms with Crippen molar-refractivity contribution in [2.45, 2.75) is 51.0 Å². The van der Waals surface area contributed by atoms with E-state index in [0.717, 1.165) is 25.7 Å². The Hall–Kier alpha value is -2.04. The topological polar surface area (TPSA) is 75.1 Å². The van der Waals surface area contributed by atoms with Gasteiger partial charge in [0, 0.05) is 6.04 Å². The van der Waals surface area contributed by atoms with Gasteiger partial charge in [0.1, 0.15) is 0 Å². The number of aromatic nitrogens is 2. The molecule has 2 aromatic rings. The van der Waals surface area contributed by atoms with Crippen molar-refractivity contribution in [3.05, 3.63) is 34.2 Å². The number of hydrogen-bond donors (Lipinski definition) is 2. The van der Waals surface area contributed by atoms with Crippen LogP contribution in [0.2, 0.25) is 0 Å². The second-order valence-corrected chi connectivity index (χ2v) is 5.80. The Kier molecular flexibility index (Phi) is 3.82. The molecule has 1 aromatic heterocycles. The Balaban J connectivity index is 2.09. The van der Waals surface area contributed by atoms with Crippen molar-refractivity contribution in [3.8, 4) is 0 Å². The lowest BCUT2D eigenvalue weighted by molar-refractivity contribution is 0.0699. The summed E-state index contributed by atoms with van der Waals surface area (Å²) in [4.78, 5) is 26.3. The summed E-state index contributed by atoms with van der Waals surface area (Å²) >= 11 is 0. The zero-order chi connectivity index (χ0) is 14.8. The van der Waals surface area contributed by atoms with E-state index in [2.05, 4.69) is 4.98 Å². The predicted octanol–water partition coefficient (Wildman–Crippen LogP) is 3.31. The second kappa shape index (κ2) is 5.76. The molecular weight excluding hydrogens is 268 g/mol. The SMILES string of the molecule is O=C(O)c1cccc2c1[nH]c(=O)n2C1CCCCCCC1. The number of rotatable bonds is 2. The predicted molar refractivity (Wildman–Crippen MR) is 80.9 cm³/mol. The highest BCUT2D eigenvalue weighted by atomic mass is 16.4. The van der Waals surface area contributed by atoms with Gasteiger partial charge in [-0.3, -0.25) is 4.57 Å². The number of benzene rings is 1. The minimum Gasteiger partial charge on any atom is -0.478 e. The van der Waals surface area contributed by atoms with Crippen molar-refractivity contribution < 1.29 is 9.90 Å². The van der Waals surface area contributed by atoms with Gasteiger partial charge in [-0.1, -0.05) is 38.2 Å². The van der Waals surface area contributed by atoms with Gasteiger partial charge in [-0.2, -0.15) is 0 Å². The summed E-state index contributed by atoms with van der Waals surface area (Å²) in [6.07, 6.45) is 7.94. The largest absolute Gasteiger partial charge is 0.478 e. The smallest absolute Gasteiger partial charge is 0.337 e. The standard InChI is InChI=1S/C16H20N2O3/c19-15(20)12-9-6-10-13-14(12)17-16(21)18(13)11-7-4-2-1-3-5-8-11/h6,9-11H,1-5,7-8H2,(H,17,21)(H,19,20). The van der Waals surface area contributed by atoms with Crippen molar-refractivity contribution in [3.63, 3.8) is 0 Å². The molecule has 1 aliphatic rings. The van der Waals surface area contributed by atoms with Gasteiger partial charge >= 0.3 is 11.7 Å². The molecule has 0 bridgehead atoms. The minimum atomic E-state index is -1.01. The van der Waals surface area contributed by atoms with Gasteiger partial charge in [0.2, 0.25) is 0 Å². The first-order chi connectivity index (χ1) is 10.2. The average molecular weight is 288 g/mol. The van der Waals surface area contributed by atoms with Crippen molar-refractivity contribution in [2.24, 2.45) is 0 Å². The lowest BCUT2D eigenvalue weighted by atomic mass is 9.96.